The monoisotopic (exact) mass is 407 g/mol. The highest BCUT2D eigenvalue weighted by molar-refractivity contribution is 6.07. The number of rotatable bonds is 4. The summed E-state index contributed by atoms with van der Waals surface area (Å²) < 4.78 is 17.2. The van der Waals surface area contributed by atoms with E-state index in [4.69, 9.17) is 14.2 Å². The summed E-state index contributed by atoms with van der Waals surface area (Å²) in [4.78, 5) is 0. The van der Waals surface area contributed by atoms with Crippen LogP contribution in [-0.2, 0) is 6.42 Å². The van der Waals surface area contributed by atoms with Crippen molar-refractivity contribution in [2.45, 2.75) is 39.3 Å². The molecule has 1 aliphatic heterocycles. The summed E-state index contributed by atoms with van der Waals surface area (Å²) in [5.74, 6) is 2.41. The van der Waals surface area contributed by atoms with Gasteiger partial charge in [0.1, 0.15) is 23.0 Å². The van der Waals surface area contributed by atoms with Crippen molar-refractivity contribution in [3.05, 3.63) is 47.0 Å². The number of hydrogen-bond donors (Lipinski definition) is 2. The highest BCUT2D eigenvalue weighted by atomic mass is 16.5. The predicted octanol–water partition coefficient (Wildman–Crippen LogP) is 5.14. The SMILES string of the molecule is COc1c(-c2c(C)cc(OC)c3c(OC)cccc23)c(O)cc2c1[C@H](C)N[C@@H](C)C2. The molecule has 5 heteroatoms. The summed E-state index contributed by atoms with van der Waals surface area (Å²) in [5.41, 5.74) is 4.85. The van der Waals surface area contributed by atoms with E-state index in [1.165, 1.54) is 0 Å². The van der Waals surface area contributed by atoms with Crippen molar-refractivity contribution in [1.82, 2.24) is 5.32 Å². The highest BCUT2D eigenvalue weighted by Gasteiger charge is 2.30. The van der Waals surface area contributed by atoms with Gasteiger partial charge in [0, 0.05) is 23.2 Å². The minimum absolute atomic E-state index is 0.123. The van der Waals surface area contributed by atoms with Crippen molar-refractivity contribution in [3.63, 3.8) is 0 Å². The molecule has 0 unspecified atom stereocenters. The molecular weight excluding hydrogens is 378 g/mol. The van der Waals surface area contributed by atoms with Gasteiger partial charge in [-0.1, -0.05) is 12.1 Å². The van der Waals surface area contributed by atoms with Gasteiger partial charge in [-0.05, 0) is 61.9 Å². The second kappa shape index (κ2) is 7.73. The molecule has 1 aliphatic rings. The molecule has 5 nitrogen and oxygen atoms in total. The zero-order chi connectivity index (χ0) is 21.6. The number of ether oxygens (including phenoxy) is 3. The zero-order valence-electron chi connectivity index (χ0n) is 18.4. The summed E-state index contributed by atoms with van der Waals surface area (Å²) in [7, 11) is 4.98. The van der Waals surface area contributed by atoms with Gasteiger partial charge in [0.05, 0.1) is 32.3 Å². The maximum Gasteiger partial charge on any atom is 0.135 e. The van der Waals surface area contributed by atoms with Crippen LogP contribution in [0.15, 0.2) is 30.3 Å². The maximum absolute atomic E-state index is 11.2. The molecule has 158 valence electrons. The highest BCUT2D eigenvalue weighted by Crippen LogP contribution is 2.51. The summed E-state index contributed by atoms with van der Waals surface area (Å²) in [6, 6.07) is 10.3. The third-order valence-corrected chi connectivity index (χ3v) is 6.06. The van der Waals surface area contributed by atoms with E-state index < -0.39 is 0 Å². The molecule has 1 heterocycles. The lowest BCUT2D eigenvalue weighted by Gasteiger charge is -2.32. The minimum Gasteiger partial charge on any atom is -0.507 e. The van der Waals surface area contributed by atoms with E-state index in [2.05, 4.69) is 19.2 Å². The van der Waals surface area contributed by atoms with E-state index in [9.17, 15) is 5.11 Å². The van der Waals surface area contributed by atoms with Gasteiger partial charge in [-0.2, -0.15) is 0 Å². The van der Waals surface area contributed by atoms with Gasteiger partial charge >= 0.3 is 0 Å². The first-order valence-corrected chi connectivity index (χ1v) is 10.2. The van der Waals surface area contributed by atoms with Gasteiger partial charge < -0.3 is 24.6 Å². The maximum atomic E-state index is 11.2. The number of benzene rings is 3. The molecule has 2 atom stereocenters. The first-order valence-electron chi connectivity index (χ1n) is 10.2. The number of methoxy groups -OCH3 is 3. The van der Waals surface area contributed by atoms with E-state index in [0.29, 0.717) is 17.4 Å². The zero-order valence-corrected chi connectivity index (χ0v) is 18.4. The molecule has 3 aromatic carbocycles. The fourth-order valence-electron chi connectivity index (χ4n) is 4.92. The molecule has 0 aliphatic carbocycles. The van der Waals surface area contributed by atoms with E-state index in [-0.39, 0.29) is 11.8 Å². The molecule has 0 fully saturated rings. The molecular formula is C25H29NO4. The lowest BCUT2D eigenvalue weighted by atomic mass is 9.84. The molecule has 0 spiro atoms. The van der Waals surface area contributed by atoms with Gasteiger partial charge in [-0.25, -0.2) is 0 Å². The van der Waals surface area contributed by atoms with E-state index >= 15 is 0 Å². The Morgan fingerprint density at radius 3 is 2.37 bits per heavy atom. The molecule has 0 saturated heterocycles. The summed E-state index contributed by atoms with van der Waals surface area (Å²) >= 11 is 0. The van der Waals surface area contributed by atoms with E-state index in [0.717, 1.165) is 50.9 Å². The molecule has 0 radical (unpaired) electrons. The Kier molecular flexibility index (Phi) is 5.24. The average molecular weight is 408 g/mol. The molecule has 2 N–H and O–H groups in total. The number of aryl methyl sites for hydroxylation is 1. The normalized spacial score (nSPS) is 18.2. The van der Waals surface area contributed by atoms with Crippen LogP contribution in [0, 0.1) is 6.92 Å². The third-order valence-electron chi connectivity index (χ3n) is 6.06. The Balaban J connectivity index is 2.12. The number of phenols is 1. The standard InChI is InChI=1S/C25H29NO4/c1-13-10-20(29-5)23-17(8-7-9-19(23)28-4)21(13)24-18(27)12-16-11-14(2)26-15(3)22(16)25(24)30-6/h7-10,12,14-15,26-27H,11H2,1-6H3/t14-,15-/m0/s1. The lowest BCUT2D eigenvalue weighted by molar-refractivity contribution is 0.378. The van der Waals surface area contributed by atoms with Crippen LogP contribution in [-0.4, -0.2) is 32.5 Å². The van der Waals surface area contributed by atoms with Crippen molar-refractivity contribution in [2.75, 3.05) is 21.3 Å². The largest absolute Gasteiger partial charge is 0.507 e. The quantitative estimate of drug-likeness (QED) is 0.627. The van der Waals surface area contributed by atoms with Crippen LogP contribution in [0.1, 0.15) is 36.6 Å². The van der Waals surface area contributed by atoms with Crippen LogP contribution in [0.4, 0.5) is 0 Å². The molecule has 3 aromatic rings. The third kappa shape index (κ3) is 3.05. The van der Waals surface area contributed by atoms with E-state index in [1.54, 1.807) is 21.3 Å². The van der Waals surface area contributed by atoms with Crippen molar-refractivity contribution in [3.8, 4) is 34.1 Å². The van der Waals surface area contributed by atoms with Gasteiger partial charge in [0.25, 0.3) is 0 Å². The Morgan fingerprint density at radius 1 is 0.967 bits per heavy atom. The average Bonchev–Trinajstić information content (AvgIpc) is 2.72. The van der Waals surface area contributed by atoms with Crippen molar-refractivity contribution in [2.24, 2.45) is 0 Å². The van der Waals surface area contributed by atoms with Crippen molar-refractivity contribution in [1.29, 1.82) is 0 Å². The van der Waals surface area contributed by atoms with Crippen molar-refractivity contribution >= 4 is 10.8 Å². The number of phenolic OH excluding ortho intramolecular Hbond substituents is 1. The van der Waals surface area contributed by atoms with Crippen LogP contribution in [0.3, 0.4) is 0 Å². The van der Waals surface area contributed by atoms with Gasteiger partial charge in [-0.15, -0.1) is 0 Å². The number of nitrogens with one attached hydrogen (secondary N) is 1. The fraction of sp³-hybridized carbons (Fsp3) is 0.360. The Morgan fingerprint density at radius 2 is 1.70 bits per heavy atom. The van der Waals surface area contributed by atoms with Crippen LogP contribution >= 0.6 is 0 Å². The van der Waals surface area contributed by atoms with Crippen LogP contribution < -0.4 is 19.5 Å². The van der Waals surface area contributed by atoms with E-state index in [1.807, 2.05) is 37.3 Å². The molecule has 0 bridgehead atoms. The Hall–Kier alpha value is -2.92. The summed E-state index contributed by atoms with van der Waals surface area (Å²) in [5, 5.41) is 16.6. The van der Waals surface area contributed by atoms with Crippen LogP contribution in [0.25, 0.3) is 21.9 Å². The Labute approximate surface area is 177 Å². The smallest absolute Gasteiger partial charge is 0.135 e. The topological polar surface area (TPSA) is 60.0 Å². The first kappa shape index (κ1) is 20.4. The number of aromatic hydroxyl groups is 1. The van der Waals surface area contributed by atoms with Gasteiger partial charge in [-0.3, -0.25) is 0 Å². The van der Waals surface area contributed by atoms with Crippen LogP contribution in [0.5, 0.6) is 23.0 Å². The molecule has 0 amide bonds. The number of hydrogen-bond acceptors (Lipinski definition) is 5. The van der Waals surface area contributed by atoms with Crippen LogP contribution in [0.2, 0.25) is 0 Å². The predicted molar refractivity (Wildman–Crippen MR) is 120 cm³/mol. The Bertz CT molecular complexity index is 1120. The lowest BCUT2D eigenvalue weighted by Crippen LogP contribution is -2.36. The van der Waals surface area contributed by atoms with Crippen molar-refractivity contribution < 1.29 is 19.3 Å². The molecule has 0 aromatic heterocycles. The van der Waals surface area contributed by atoms with Gasteiger partial charge in [0.2, 0.25) is 0 Å². The summed E-state index contributed by atoms with van der Waals surface area (Å²) in [6.07, 6.45) is 0.847. The second-order valence-corrected chi connectivity index (χ2v) is 8.02. The second-order valence-electron chi connectivity index (χ2n) is 8.02. The summed E-state index contributed by atoms with van der Waals surface area (Å²) in [6.45, 7) is 6.32. The first-order chi connectivity index (χ1) is 14.4. The molecule has 0 saturated carbocycles. The molecule has 30 heavy (non-hydrogen) atoms. The minimum atomic E-state index is 0.123. The number of fused-ring (bicyclic) bond motifs is 2. The van der Waals surface area contributed by atoms with Gasteiger partial charge in [0.15, 0.2) is 0 Å². The molecule has 4 rings (SSSR count). The fourth-order valence-corrected chi connectivity index (χ4v) is 4.92.